The second-order valence-electron chi connectivity index (χ2n) is 4.91. The molecular formula is C12H17FN2O2S. The van der Waals surface area contributed by atoms with Crippen LogP contribution in [0.4, 0.5) is 10.1 Å². The summed E-state index contributed by atoms with van der Waals surface area (Å²) in [6, 6.07) is 2.63. The molecule has 6 heteroatoms. The van der Waals surface area contributed by atoms with Gasteiger partial charge in [0.1, 0.15) is 10.7 Å². The van der Waals surface area contributed by atoms with Crippen LogP contribution in [0, 0.1) is 18.7 Å². The summed E-state index contributed by atoms with van der Waals surface area (Å²) in [6.07, 6.45) is 0.808. The van der Waals surface area contributed by atoms with Gasteiger partial charge in [0.15, 0.2) is 0 Å². The largest absolute Gasteiger partial charge is 0.399 e. The van der Waals surface area contributed by atoms with Crippen LogP contribution in [-0.2, 0) is 10.0 Å². The van der Waals surface area contributed by atoms with Crippen molar-refractivity contribution in [1.29, 1.82) is 0 Å². The molecule has 1 aliphatic rings. The zero-order valence-corrected chi connectivity index (χ0v) is 11.3. The highest BCUT2D eigenvalue weighted by molar-refractivity contribution is 7.89. The highest BCUT2D eigenvalue weighted by atomic mass is 32.2. The van der Waals surface area contributed by atoms with E-state index in [9.17, 15) is 12.8 Å². The Morgan fingerprint density at radius 1 is 1.44 bits per heavy atom. The molecule has 4 nitrogen and oxygen atoms in total. The molecule has 1 fully saturated rings. The number of nitrogens with zero attached hydrogens (tertiary/aromatic N) is 1. The fraction of sp³-hybridized carbons (Fsp3) is 0.500. The highest BCUT2D eigenvalue weighted by Crippen LogP contribution is 2.28. The summed E-state index contributed by atoms with van der Waals surface area (Å²) in [5.74, 6) is -0.395. The van der Waals surface area contributed by atoms with Gasteiger partial charge in [-0.05, 0) is 37.0 Å². The number of halogens is 1. The van der Waals surface area contributed by atoms with Gasteiger partial charge in [-0.15, -0.1) is 0 Å². The Kier molecular flexibility index (Phi) is 3.33. The minimum Gasteiger partial charge on any atom is -0.399 e. The SMILES string of the molecule is Cc1cc(N)cc(S(=O)(=O)N2CCC(C)C2)c1F. The molecule has 1 aromatic rings. The Bertz CT molecular complexity index is 572. The number of sulfonamides is 1. The van der Waals surface area contributed by atoms with Gasteiger partial charge in [-0.3, -0.25) is 0 Å². The lowest BCUT2D eigenvalue weighted by Gasteiger charge is -2.17. The quantitative estimate of drug-likeness (QED) is 0.834. The van der Waals surface area contributed by atoms with Gasteiger partial charge in [0.05, 0.1) is 0 Å². The molecule has 0 aliphatic carbocycles. The maximum atomic E-state index is 14.0. The molecule has 0 spiro atoms. The van der Waals surface area contributed by atoms with E-state index in [2.05, 4.69) is 0 Å². The predicted molar refractivity (Wildman–Crippen MR) is 68.1 cm³/mol. The van der Waals surface area contributed by atoms with Crippen molar-refractivity contribution in [1.82, 2.24) is 4.31 Å². The standard InChI is InChI=1S/C12H17FN2O2S/c1-8-3-4-15(7-8)18(16,17)11-6-10(14)5-9(2)12(11)13/h5-6,8H,3-4,7,14H2,1-2H3. The molecule has 0 aromatic heterocycles. The van der Waals surface area contributed by atoms with Crippen LogP contribution in [0.2, 0.25) is 0 Å². The number of hydrogen-bond donors (Lipinski definition) is 1. The smallest absolute Gasteiger partial charge is 0.246 e. The van der Waals surface area contributed by atoms with Crippen molar-refractivity contribution in [2.45, 2.75) is 25.2 Å². The third-order valence-electron chi connectivity index (χ3n) is 3.25. The van der Waals surface area contributed by atoms with Crippen LogP contribution in [0.1, 0.15) is 18.9 Å². The average molecular weight is 272 g/mol. The summed E-state index contributed by atoms with van der Waals surface area (Å²) in [5, 5.41) is 0. The van der Waals surface area contributed by atoms with Gasteiger partial charge in [0.25, 0.3) is 0 Å². The number of aryl methyl sites for hydroxylation is 1. The van der Waals surface area contributed by atoms with Crippen LogP contribution in [0.5, 0.6) is 0 Å². The molecule has 2 rings (SSSR count). The van der Waals surface area contributed by atoms with E-state index >= 15 is 0 Å². The topological polar surface area (TPSA) is 63.4 Å². The molecule has 0 amide bonds. The lowest BCUT2D eigenvalue weighted by Crippen LogP contribution is -2.29. The van der Waals surface area contributed by atoms with Gasteiger partial charge in [0, 0.05) is 18.8 Å². The van der Waals surface area contributed by atoms with Crippen LogP contribution >= 0.6 is 0 Å². The first-order chi connectivity index (χ1) is 8.32. The van der Waals surface area contributed by atoms with Crippen molar-refractivity contribution in [2.24, 2.45) is 5.92 Å². The zero-order valence-electron chi connectivity index (χ0n) is 10.5. The van der Waals surface area contributed by atoms with Crippen molar-refractivity contribution in [3.63, 3.8) is 0 Å². The summed E-state index contributed by atoms with van der Waals surface area (Å²) >= 11 is 0. The summed E-state index contributed by atoms with van der Waals surface area (Å²) in [5.41, 5.74) is 6.12. The normalized spacial score (nSPS) is 21.4. The van der Waals surface area contributed by atoms with Gasteiger partial charge < -0.3 is 5.73 Å². The molecule has 0 saturated carbocycles. The number of nitrogens with two attached hydrogens (primary N) is 1. The fourth-order valence-electron chi connectivity index (χ4n) is 2.20. The molecular weight excluding hydrogens is 255 g/mol. The molecule has 100 valence electrons. The first-order valence-corrected chi connectivity index (χ1v) is 7.32. The molecule has 1 aliphatic heterocycles. The van der Waals surface area contributed by atoms with E-state index in [-0.39, 0.29) is 16.1 Å². The maximum Gasteiger partial charge on any atom is 0.246 e. The average Bonchev–Trinajstić information content (AvgIpc) is 2.70. The molecule has 18 heavy (non-hydrogen) atoms. The number of nitrogen functional groups attached to an aromatic ring is 1. The van der Waals surface area contributed by atoms with Crippen LogP contribution in [0.3, 0.4) is 0 Å². The van der Waals surface area contributed by atoms with Crippen molar-refractivity contribution < 1.29 is 12.8 Å². The second kappa shape index (κ2) is 4.51. The van der Waals surface area contributed by atoms with E-state index in [1.54, 1.807) is 0 Å². The molecule has 1 unspecified atom stereocenters. The monoisotopic (exact) mass is 272 g/mol. The summed E-state index contributed by atoms with van der Waals surface area (Å²) in [6.45, 7) is 4.38. The lowest BCUT2D eigenvalue weighted by molar-refractivity contribution is 0.457. The van der Waals surface area contributed by atoms with Crippen molar-refractivity contribution in [3.8, 4) is 0 Å². The summed E-state index contributed by atoms with van der Waals surface area (Å²) in [7, 11) is -3.77. The molecule has 0 radical (unpaired) electrons. The van der Waals surface area contributed by atoms with Crippen molar-refractivity contribution in [2.75, 3.05) is 18.8 Å². The van der Waals surface area contributed by atoms with E-state index in [4.69, 9.17) is 5.73 Å². The number of rotatable bonds is 2. The third kappa shape index (κ3) is 2.22. The van der Waals surface area contributed by atoms with Crippen LogP contribution in [0.15, 0.2) is 17.0 Å². The van der Waals surface area contributed by atoms with Gasteiger partial charge in [-0.1, -0.05) is 6.92 Å². The summed E-state index contributed by atoms with van der Waals surface area (Å²) < 4.78 is 40.0. The Balaban J connectivity index is 2.48. The molecule has 1 heterocycles. The third-order valence-corrected chi connectivity index (χ3v) is 5.11. The van der Waals surface area contributed by atoms with E-state index in [1.165, 1.54) is 23.4 Å². The number of benzene rings is 1. The first kappa shape index (κ1) is 13.3. The van der Waals surface area contributed by atoms with Crippen LogP contribution in [-0.4, -0.2) is 25.8 Å². The van der Waals surface area contributed by atoms with E-state index in [0.29, 0.717) is 19.0 Å². The fourth-order valence-corrected chi connectivity index (χ4v) is 3.95. The highest BCUT2D eigenvalue weighted by Gasteiger charge is 2.33. The Labute approximate surface area is 107 Å². The maximum absolute atomic E-state index is 14.0. The van der Waals surface area contributed by atoms with Gasteiger partial charge in [-0.25, -0.2) is 12.8 Å². The van der Waals surface area contributed by atoms with E-state index in [1.807, 2.05) is 6.92 Å². The van der Waals surface area contributed by atoms with Crippen LogP contribution in [0.25, 0.3) is 0 Å². The Morgan fingerprint density at radius 3 is 2.67 bits per heavy atom. The molecule has 0 bridgehead atoms. The van der Waals surface area contributed by atoms with E-state index in [0.717, 1.165) is 6.42 Å². The van der Waals surface area contributed by atoms with E-state index < -0.39 is 15.8 Å². The van der Waals surface area contributed by atoms with Crippen molar-refractivity contribution >= 4 is 15.7 Å². The second-order valence-corrected chi connectivity index (χ2v) is 6.81. The summed E-state index contributed by atoms with van der Waals surface area (Å²) in [4.78, 5) is -0.311. The molecule has 1 aromatic carbocycles. The minimum absolute atomic E-state index is 0.251. The molecule has 1 atom stereocenters. The van der Waals surface area contributed by atoms with Crippen LogP contribution < -0.4 is 5.73 Å². The van der Waals surface area contributed by atoms with Gasteiger partial charge >= 0.3 is 0 Å². The lowest BCUT2D eigenvalue weighted by atomic mass is 10.2. The number of anilines is 1. The molecule has 1 saturated heterocycles. The Hall–Kier alpha value is -1.14. The number of hydrogen-bond acceptors (Lipinski definition) is 3. The Morgan fingerprint density at radius 2 is 2.11 bits per heavy atom. The minimum atomic E-state index is -3.77. The first-order valence-electron chi connectivity index (χ1n) is 5.88. The van der Waals surface area contributed by atoms with Crippen molar-refractivity contribution in [3.05, 3.63) is 23.5 Å². The molecule has 2 N–H and O–H groups in total. The van der Waals surface area contributed by atoms with Gasteiger partial charge in [0.2, 0.25) is 10.0 Å². The van der Waals surface area contributed by atoms with Gasteiger partial charge in [-0.2, -0.15) is 4.31 Å². The zero-order chi connectivity index (χ0) is 13.5. The predicted octanol–water partition coefficient (Wildman–Crippen LogP) is 1.75.